The van der Waals surface area contributed by atoms with Gasteiger partial charge in [0.05, 0.1) is 16.7 Å². The van der Waals surface area contributed by atoms with E-state index in [0.717, 1.165) is 6.42 Å². The molecule has 3 aliphatic rings. The van der Waals surface area contributed by atoms with E-state index < -0.39 is 33.1 Å². The molecule has 9 nitrogen and oxygen atoms in total. The summed E-state index contributed by atoms with van der Waals surface area (Å²) < 4.78 is 36.2. The van der Waals surface area contributed by atoms with Crippen LogP contribution in [-0.2, 0) is 19.7 Å². The Labute approximate surface area is 209 Å². The molecule has 5 rings (SSSR count). The maximum Gasteiger partial charge on any atom is 0.311 e. The Morgan fingerprint density at radius 1 is 1.14 bits per heavy atom. The van der Waals surface area contributed by atoms with E-state index in [1.54, 1.807) is 24.3 Å². The second-order valence-electron chi connectivity index (χ2n) is 10.3. The van der Waals surface area contributed by atoms with Crippen LogP contribution in [0.4, 0.5) is 0 Å². The Kier molecular flexibility index (Phi) is 6.55. The molecule has 1 aliphatic heterocycles. The average molecular weight is 516 g/mol. The van der Waals surface area contributed by atoms with Crippen molar-refractivity contribution in [1.82, 2.24) is 5.32 Å². The first-order chi connectivity index (χ1) is 16.8. The Hall–Kier alpha value is -3.11. The monoisotopic (exact) mass is 515 g/mol. The summed E-state index contributed by atoms with van der Waals surface area (Å²) in [6, 6.07) is 8.35. The van der Waals surface area contributed by atoms with Gasteiger partial charge in [-0.15, -0.1) is 0 Å². The molecule has 2 atom stereocenters. The zero-order valence-corrected chi connectivity index (χ0v) is 21.2. The van der Waals surface area contributed by atoms with Crippen LogP contribution < -0.4 is 10.1 Å². The van der Waals surface area contributed by atoms with Gasteiger partial charge in [0.2, 0.25) is 0 Å². The quantitative estimate of drug-likeness (QED) is 0.265. The minimum atomic E-state index is -4.08. The van der Waals surface area contributed by atoms with Crippen LogP contribution in [0.3, 0.4) is 0 Å². The van der Waals surface area contributed by atoms with Crippen LogP contribution in [0.15, 0.2) is 30.3 Å². The summed E-state index contributed by atoms with van der Waals surface area (Å²) in [5, 5.41) is 3.58. The third-order valence-electron chi connectivity index (χ3n) is 7.92. The molecule has 2 bridgehead atoms. The van der Waals surface area contributed by atoms with Crippen molar-refractivity contribution in [3.05, 3.63) is 41.5 Å². The first kappa shape index (κ1) is 26.0. The minimum Gasteiger partial charge on any atom is -0.426 e. The summed E-state index contributed by atoms with van der Waals surface area (Å²) in [6.07, 6.45) is 2.98. The SMILES string of the molecule is CC1(C)C2CCC1(CS(=O)(=O)O)C(=O)C2.CCCC(=O)Oc1cc2c3c(cccc3c1)C(=O)NC2=O. The fourth-order valence-corrected chi connectivity index (χ4v) is 7.17. The molecule has 2 aliphatic carbocycles. The van der Waals surface area contributed by atoms with Crippen molar-refractivity contribution in [3.8, 4) is 5.75 Å². The smallest absolute Gasteiger partial charge is 0.311 e. The average Bonchev–Trinajstić information content (AvgIpc) is 3.11. The van der Waals surface area contributed by atoms with E-state index in [9.17, 15) is 27.6 Å². The maximum absolute atomic E-state index is 12.0. The molecule has 2 N–H and O–H groups in total. The molecule has 2 aromatic rings. The summed E-state index contributed by atoms with van der Waals surface area (Å²) in [4.78, 5) is 47.2. The lowest BCUT2D eigenvalue weighted by Crippen LogP contribution is -2.42. The second kappa shape index (κ2) is 9.08. The largest absolute Gasteiger partial charge is 0.426 e. The number of amides is 2. The molecule has 2 fully saturated rings. The topological polar surface area (TPSA) is 144 Å². The van der Waals surface area contributed by atoms with Crippen LogP contribution in [0.5, 0.6) is 5.75 Å². The number of hydrogen-bond acceptors (Lipinski definition) is 7. The summed E-state index contributed by atoms with van der Waals surface area (Å²) in [6.45, 7) is 5.78. The number of rotatable bonds is 5. The number of esters is 1. The molecule has 36 heavy (non-hydrogen) atoms. The summed E-state index contributed by atoms with van der Waals surface area (Å²) in [7, 11) is -4.08. The molecule has 2 aromatic carbocycles. The van der Waals surface area contributed by atoms with Crippen LogP contribution in [0, 0.1) is 16.7 Å². The number of carbonyl (C=O) groups excluding carboxylic acids is 4. The first-order valence-corrected chi connectivity index (χ1v) is 13.5. The van der Waals surface area contributed by atoms with Crippen LogP contribution in [0.25, 0.3) is 10.8 Å². The van der Waals surface area contributed by atoms with Crippen molar-refractivity contribution in [2.45, 2.75) is 52.9 Å². The summed E-state index contributed by atoms with van der Waals surface area (Å²) in [5.74, 6) is -1.01. The predicted molar refractivity (Wildman–Crippen MR) is 131 cm³/mol. The van der Waals surface area contributed by atoms with Crippen LogP contribution in [0.2, 0.25) is 0 Å². The van der Waals surface area contributed by atoms with Gasteiger partial charge in [0, 0.05) is 23.8 Å². The van der Waals surface area contributed by atoms with E-state index in [-0.39, 0.29) is 23.1 Å². The number of imide groups is 1. The van der Waals surface area contributed by atoms with Crippen molar-refractivity contribution >= 4 is 44.5 Å². The van der Waals surface area contributed by atoms with Gasteiger partial charge in [-0.2, -0.15) is 8.42 Å². The van der Waals surface area contributed by atoms with Crippen molar-refractivity contribution in [2.75, 3.05) is 5.75 Å². The molecular formula is C26H29NO8S. The van der Waals surface area contributed by atoms with E-state index in [4.69, 9.17) is 9.29 Å². The summed E-state index contributed by atoms with van der Waals surface area (Å²) in [5.41, 5.74) is -0.318. The molecule has 2 amide bonds. The predicted octanol–water partition coefficient (Wildman–Crippen LogP) is 3.70. The van der Waals surface area contributed by atoms with Crippen molar-refractivity contribution < 1.29 is 36.9 Å². The third kappa shape index (κ3) is 4.43. The Bertz CT molecular complexity index is 1390. The fourth-order valence-electron chi connectivity index (χ4n) is 5.87. The van der Waals surface area contributed by atoms with Crippen molar-refractivity contribution in [3.63, 3.8) is 0 Å². The van der Waals surface area contributed by atoms with Gasteiger partial charge in [-0.1, -0.05) is 32.9 Å². The molecule has 0 radical (unpaired) electrons. The Balaban J connectivity index is 0.000000179. The zero-order valence-electron chi connectivity index (χ0n) is 20.4. The number of ether oxygens (including phenoxy) is 1. The van der Waals surface area contributed by atoms with Gasteiger partial charge < -0.3 is 4.74 Å². The molecule has 0 saturated heterocycles. The number of ketones is 1. The fraction of sp³-hybridized carbons (Fsp3) is 0.462. The van der Waals surface area contributed by atoms with E-state index in [1.165, 1.54) is 6.07 Å². The number of carbonyl (C=O) groups is 4. The van der Waals surface area contributed by atoms with E-state index in [2.05, 4.69) is 5.32 Å². The van der Waals surface area contributed by atoms with Gasteiger partial charge in [0.15, 0.2) is 0 Å². The number of fused-ring (bicyclic) bond motifs is 2. The van der Waals surface area contributed by atoms with Gasteiger partial charge in [0.1, 0.15) is 11.5 Å². The van der Waals surface area contributed by atoms with Crippen LogP contribution in [0.1, 0.15) is 73.6 Å². The third-order valence-corrected chi connectivity index (χ3v) is 8.78. The highest BCUT2D eigenvalue weighted by molar-refractivity contribution is 7.85. The first-order valence-electron chi connectivity index (χ1n) is 11.9. The van der Waals surface area contributed by atoms with Crippen LogP contribution in [-0.4, -0.2) is 42.3 Å². The highest BCUT2D eigenvalue weighted by atomic mass is 32.2. The number of hydrogen-bond donors (Lipinski definition) is 2. The van der Waals surface area contributed by atoms with Crippen LogP contribution >= 0.6 is 0 Å². The molecule has 0 spiro atoms. The van der Waals surface area contributed by atoms with Crippen molar-refractivity contribution in [2.24, 2.45) is 16.7 Å². The van der Waals surface area contributed by atoms with Crippen molar-refractivity contribution in [1.29, 1.82) is 0 Å². The lowest BCUT2D eigenvalue weighted by atomic mass is 9.70. The highest BCUT2D eigenvalue weighted by Gasteiger charge is 2.65. The van der Waals surface area contributed by atoms with E-state index in [0.29, 0.717) is 53.3 Å². The molecule has 2 unspecified atom stereocenters. The lowest BCUT2D eigenvalue weighted by Gasteiger charge is -2.35. The normalized spacial score (nSPS) is 23.8. The van der Waals surface area contributed by atoms with Gasteiger partial charge in [-0.25, -0.2) is 0 Å². The minimum absolute atomic E-state index is 0.0152. The molecule has 10 heteroatoms. The van der Waals surface area contributed by atoms with Gasteiger partial charge >= 0.3 is 5.97 Å². The number of nitrogens with one attached hydrogen (secondary N) is 1. The van der Waals surface area contributed by atoms with Gasteiger partial charge in [-0.05, 0) is 54.2 Å². The van der Waals surface area contributed by atoms with Gasteiger partial charge in [0.25, 0.3) is 21.9 Å². The standard InChI is InChI=1S/C16H13NO4.C10H16O4S/c1-2-4-13(18)21-10-7-9-5-3-6-11-14(9)12(8-10)16(20)17-15(11)19;1-9(2)7-3-4-10(9,8(11)5-7)6-15(12,13)14/h3,5-8H,2,4H2,1H3,(H,17,19,20);7H,3-6H2,1-2H3,(H,12,13,14). The lowest BCUT2D eigenvalue weighted by molar-refractivity contribution is -0.134. The molecule has 2 saturated carbocycles. The molecular weight excluding hydrogens is 486 g/mol. The zero-order chi connectivity index (χ0) is 26.5. The summed E-state index contributed by atoms with van der Waals surface area (Å²) >= 11 is 0. The van der Waals surface area contributed by atoms with E-state index >= 15 is 0 Å². The number of Topliss-reactive ketones (excluding diaryl/α,β-unsaturated/α-hetero) is 1. The second-order valence-corrected chi connectivity index (χ2v) is 11.7. The molecule has 1 heterocycles. The number of benzene rings is 2. The van der Waals surface area contributed by atoms with E-state index in [1.807, 2.05) is 20.8 Å². The van der Waals surface area contributed by atoms with Gasteiger partial charge in [-0.3, -0.25) is 29.0 Å². The molecule has 0 aromatic heterocycles. The molecule has 192 valence electrons. The Morgan fingerprint density at radius 2 is 1.83 bits per heavy atom. The Morgan fingerprint density at radius 3 is 2.42 bits per heavy atom. The maximum atomic E-state index is 12.0. The highest BCUT2D eigenvalue weighted by Crippen LogP contribution is 2.64.